The molecule has 0 aromatic heterocycles. The number of hydrogen-bond acceptors (Lipinski definition) is 3. The SMILES string of the molecule is CONCc1c(F)cc(F)c2c1OCCC2. The zero-order valence-electron chi connectivity index (χ0n) is 8.98. The topological polar surface area (TPSA) is 30.5 Å². The average Bonchev–Trinajstić information content (AvgIpc) is 2.29. The summed E-state index contributed by atoms with van der Waals surface area (Å²) in [6, 6.07) is 0.903. The Morgan fingerprint density at radius 2 is 2.25 bits per heavy atom. The number of hydrogen-bond donors (Lipinski definition) is 1. The van der Waals surface area contributed by atoms with E-state index in [-0.39, 0.29) is 6.54 Å². The van der Waals surface area contributed by atoms with Crippen LogP contribution in [-0.2, 0) is 17.8 Å². The summed E-state index contributed by atoms with van der Waals surface area (Å²) in [5, 5.41) is 0. The summed E-state index contributed by atoms with van der Waals surface area (Å²) in [6.07, 6.45) is 1.34. The van der Waals surface area contributed by atoms with Gasteiger partial charge in [0.2, 0.25) is 0 Å². The second-order valence-corrected chi connectivity index (χ2v) is 3.60. The molecule has 1 aromatic carbocycles. The van der Waals surface area contributed by atoms with Gasteiger partial charge < -0.3 is 9.57 Å². The predicted molar refractivity (Wildman–Crippen MR) is 54.0 cm³/mol. The van der Waals surface area contributed by atoms with E-state index in [1.54, 1.807) is 0 Å². The van der Waals surface area contributed by atoms with Crippen molar-refractivity contribution in [2.45, 2.75) is 19.4 Å². The number of rotatable bonds is 3. The van der Waals surface area contributed by atoms with Crippen LogP contribution in [0, 0.1) is 11.6 Å². The van der Waals surface area contributed by atoms with Crippen LogP contribution >= 0.6 is 0 Å². The van der Waals surface area contributed by atoms with Crippen molar-refractivity contribution in [3.8, 4) is 5.75 Å². The highest BCUT2D eigenvalue weighted by Gasteiger charge is 2.22. The molecule has 0 saturated carbocycles. The lowest BCUT2D eigenvalue weighted by atomic mass is 10.0. The zero-order chi connectivity index (χ0) is 11.5. The Balaban J connectivity index is 2.41. The van der Waals surface area contributed by atoms with Crippen LogP contribution in [0.3, 0.4) is 0 Å². The van der Waals surface area contributed by atoms with Crippen LogP contribution in [0.1, 0.15) is 17.5 Å². The molecule has 0 fully saturated rings. The van der Waals surface area contributed by atoms with Gasteiger partial charge in [-0.15, -0.1) is 0 Å². The molecule has 88 valence electrons. The molecule has 0 bridgehead atoms. The standard InChI is InChI=1S/C11H13F2NO2/c1-15-14-6-8-10(13)5-9(12)7-3-2-4-16-11(7)8/h5,14H,2-4,6H2,1H3. The van der Waals surface area contributed by atoms with Gasteiger partial charge in [0.25, 0.3) is 0 Å². The highest BCUT2D eigenvalue weighted by atomic mass is 19.1. The van der Waals surface area contributed by atoms with Crippen molar-refractivity contribution in [3.63, 3.8) is 0 Å². The first-order chi connectivity index (χ1) is 7.74. The predicted octanol–water partition coefficient (Wildman–Crippen LogP) is 1.94. The van der Waals surface area contributed by atoms with Crippen LogP contribution < -0.4 is 10.2 Å². The number of ether oxygens (including phenoxy) is 1. The van der Waals surface area contributed by atoms with Crippen LogP contribution in [0.15, 0.2) is 6.07 Å². The fourth-order valence-electron chi connectivity index (χ4n) is 1.82. The minimum absolute atomic E-state index is 0.158. The van der Waals surface area contributed by atoms with Gasteiger partial charge in [0, 0.05) is 17.2 Å². The van der Waals surface area contributed by atoms with Crippen LogP contribution in [-0.4, -0.2) is 13.7 Å². The van der Waals surface area contributed by atoms with Gasteiger partial charge in [-0.3, -0.25) is 0 Å². The molecule has 0 atom stereocenters. The third-order valence-corrected chi connectivity index (χ3v) is 2.59. The molecule has 0 amide bonds. The van der Waals surface area contributed by atoms with Gasteiger partial charge in [0.05, 0.1) is 20.3 Å². The van der Waals surface area contributed by atoms with Gasteiger partial charge in [0.1, 0.15) is 17.4 Å². The smallest absolute Gasteiger partial charge is 0.134 e. The lowest BCUT2D eigenvalue weighted by molar-refractivity contribution is 0.0848. The van der Waals surface area contributed by atoms with E-state index >= 15 is 0 Å². The fourth-order valence-corrected chi connectivity index (χ4v) is 1.82. The van der Waals surface area contributed by atoms with Gasteiger partial charge >= 0.3 is 0 Å². The Bertz CT molecular complexity index is 396. The van der Waals surface area contributed by atoms with E-state index in [0.717, 1.165) is 12.5 Å². The highest BCUT2D eigenvalue weighted by Crippen LogP contribution is 2.33. The van der Waals surface area contributed by atoms with Crippen molar-refractivity contribution in [3.05, 3.63) is 28.8 Å². The molecule has 0 radical (unpaired) electrons. The molecule has 1 aliphatic rings. The first-order valence-corrected chi connectivity index (χ1v) is 5.12. The largest absolute Gasteiger partial charge is 0.493 e. The monoisotopic (exact) mass is 229 g/mol. The first-order valence-electron chi connectivity index (χ1n) is 5.12. The molecule has 2 rings (SSSR count). The van der Waals surface area contributed by atoms with Crippen LogP contribution in [0.4, 0.5) is 8.78 Å². The molecule has 0 saturated heterocycles. The number of nitrogens with one attached hydrogen (secondary N) is 1. The second-order valence-electron chi connectivity index (χ2n) is 3.60. The maximum atomic E-state index is 13.5. The van der Waals surface area contributed by atoms with Gasteiger partial charge in [-0.25, -0.2) is 8.78 Å². The molecule has 1 aromatic rings. The van der Waals surface area contributed by atoms with Crippen LogP contribution in [0.25, 0.3) is 0 Å². The molecule has 1 heterocycles. The van der Waals surface area contributed by atoms with Gasteiger partial charge in [-0.2, -0.15) is 5.48 Å². The summed E-state index contributed by atoms with van der Waals surface area (Å²) in [5.74, 6) is -0.815. The molecular weight excluding hydrogens is 216 g/mol. The number of benzene rings is 1. The lowest BCUT2D eigenvalue weighted by Crippen LogP contribution is -2.18. The maximum Gasteiger partial charge on any atom is 0.134 e. The first kappa shape index (κ1) is 11.3. The van der Waals surface area contributed by atoms with Gasteiger partial charge in [-0.05, 0) is 12.8 Å². The highest BCUT2D eigenvalue weighted by molar-refractivity contribution is 5.44. The summed E-state index contributed by atoms with van der Waals surface area (Å²) in [4.78, 5) is 4.66. The maximum absolute atomic E-state index is 13.5. The van der Waals surface area contributed by atoms with Crippen molar-refractivity contribution >= 4 is 0 Å². The summed E-state index contributed by atoms with van der Waals surface area (Å²) >= 11 is 0. The van der Waals surface area contributed by atoms with Crippen molar-refractivity contribution < 1.29 is 18.4 Å². The van der Waals surface area contributed by atoms with E-state index in [1.165, 1.54) is 7.11 Å². The molecule has 1 N–H and O–H groups in total. The van der Waals surface area contributed by atoms with Crippen molar-refractivity contribution in [1.82, 2.24) is 5.48 Å². The molecular formula is C11H13F2NO2. The van der Waals surface area contributed by atoms with Gasteiger partial charge in [-0.1, -0.05) is 0 Å². The van der Waals surface area contributed by atoms with Gasteiger partial charge in [0.15, 0.2) is 0 Å². The average molecular weight is 229 g/mol. The molecule has 16 heavy (non-hydrogen) atoms. The van der Waals surface area contributed by atoms with E-state index in [9.17, 15) is 8.78 Å². The summed E-state index contributed by atoms with van der Waals surface area (Å²) in [6.45, 7) is 0.654. The lowest BCUT2D eigenvalue weighted by Gasteiger charge is -2.21. The number of halogens is 2. The fraction of sp³-hybridized carbons (Fsp3) is 0.455. The Morgan fingerprint density at radius 3 is 3.00 bits per heavy atom. The quantitative estimate of drug-likeness (QED) is 0.803. The Morgan fingerprint density at radius 1 is 1.44 bits per heavy atom. The minimum Gasteiger partial charge on any atom is -0.493 e. The normalized spacial score (nSPS) is 14.4. The summed E-state index contributed by atoms with van der Waals surface area (Å²) in [5.41, 5.74) is 3.31. The second kappa shape index (κ2) is 4.76. The van der Waals surface area contributed by atoms with E-state index in [4.69, 9.17) is 4.74 Å². The van der Waals surface area contributed by atoms with E-state index in [0.29, 0.717) is 29.9 Å². The van der Waals surface area contributed by atoms with Crippen LogP contribution in [0.5, 0.6) is 5.75 Å². The molecule has 3 nitrogen and oxygen atoms in total. The molecule has 0 unspecified atom stereocenters. The zero-order valence-corrected chi connectivity index (χ0v) is 8.98. The summed E-state index contributed by atoms with van der Waals surface area (Å²) < 4.78 is 32.3. The number of fused-ring (bicyclic) bond motifs is 1. The Labute approximate surface area is 92.3 Å². The van der Waals surface area contributed by atoms with Crippen molar-refractivity contribution in [2.75, 3.05) is 13.7 Å². The van der Waals surface area contributed by atoms with E-state index in [2.05, 4.69) is 10.3 Å². The Kier molecular flexibility index (Phi) is 3.36. The van der Waals surface area contributed by atoms with E-state index < -0.39 is 11.6 Å². The van der Waals surface area contributed by atoms with Crippen molar-refractivity contribution in [2.24, 2.45) is 0 Å². The van der Waals surface area contributed by atoms with E-state index in [1.807, 2.05) is 0 Å². The molecule has 1 aliphatic heterocycles. The minimum atomic E-state index is -0.609. The third-order valence-electron chi connectivity index (χ3n) is 2.59. The number of hydroxylamine groups is 1. The molecule has 0 aliphatic carbocycles. The Hall–Kier alpha value is -1.20. The molecule has 0 spiro atoms. The third kappa shape index (κ3) is 2.01. The van der Waals surface area contributed by atoms with Crippen LogP contribution in [0.2, 0.25) is 0 Å². The summed E-state index contributed by atoms with van der Waals surface area (Å²) in [7, 11) is 1.44. The van der Waals surface area contributed by atoms with Crippen molar-refractivity contribution in [1.29, 1.82) is 0 Å². The molecule has 5 heteroatoms.